The van der Waals surface area contributed by atoms with Gasteiger partial charge in [0.25, 0.3) is 10.0 Å². The van der Waals surface area contributed by atoms with Crippen molar-refractivity contribution in [3.8, 4) is 11.5 Å². The van der Waals surface area contributed by atoms with Gasteiger partial charge in [-0.25, -0.2) is 0 Å². The molecule has 3 aromatic rings. The van der Waals surface area contributed by atoms with Crippen LogP contribution in [-0.4, -0.2) is 13.6 Å². The van der Waals surface area contributed by atoms with Gasteiger partial charge in [-0.1, -0.05) is 22.9 Å². The van der Waals surface area contributed by atoms with Crippen molar-refractivity contribution in [2.24, 2.45) is 0 Å². The summed E-state index contributed by atoms with van der Waals surface area (Å²) >= 11 is 0. The van der Waals surface area contributed by atoms with Crippen LogP contribution in [0.2, 0.25) is 0 Å². The summed E-state index contributed by atoms with van der Waals surface area (Å²) in [6.07, 6.45) is 0. The van der Waals surface area contributed by atoms with E-state index in [0.717, 1.165) is 16.8 Å². The molecule has 7 heteroatoms. The summed E-state index contributed by atoms with van der Waals surface area (Å²) in [5.41, 5.74) is 3.07. The molecule has 0 saturated heterocycles. The fourth-order valence-electron chi connectivity index (χ4n) is 2.06. The molecular formula is C16H16N2O4S. The van der Waals surface area contributed by atoms with E-state index in [4.69, 9.17) is 8.94 Å². The van der Waals surface area contributed by atoms with Crippen LogP contribution < -0.4 is 4.72 Å². The Kier molecular flexibility index (Phi) is 3.73. The molecular weight excluding hydrogens is 316 g/mol. The maximum atomic E-state index is 12.4. The molecule has 1 aromatic carbocycles. The van der Waals surface area contributed by atoms with Crippen LogP contribution in [0, 0.1) is 20.8 Å². The van der Waals surface area contributed by atoms with Crippen LogP contribution in [0.3, 0.4) is 0 Å². The molecule has 0 amide bonds. The molecule has 0 aliphatic heterocycles. The number of nitrogens with one attached hydrogen (secondary N) is 1. The molecule has 1 N–H and O–H groups in total. The summed E-state index contributed by atoms with van der Waals surface area (Å²) in [5, 5.41) is 3.66. The van der Waals surface area contributed by atoms with E-state index in [1.165, 1.54) is 6.07 Å². The lowest BCUT2D eigenvalue weighted by molar-refractivity contribution is 0.398. The highest BCUT2D eigenvalue weighted by Gasteiger charge is 2.22. The fraction of sp³-hybridized carbons (Fsp3) is 0.188. The van der Waals surface area contributed by atoms with Gasteiger partial charge in [-0.15, -0.1) is 0 Å². The summed E-state index contributed by atoms with van der Waals surface area (Å²) in [4.78, 5) is 0. The number of aryl methyl sites for hydroxylation is 2. The highest BCUT2D eigenvalue weighted by Crippen LogP contribution is 2.29. The zero-order chi connectivity index (χ0) is 16.6. The van der Waals surface area contributed by atoms with E-state index in [1.807, 2.05) is 32.9 Å². The number of furan rings is 1. The van der Waals surface area contributed by atoms with E-state index in [-0.39, 0.29) is 5.09 Å². The first-order valence-corrected chi connectivity index (χ1v) is 8.48. The average molecular weight is 332 g/mol. The standard InChI is InChI=1S/C16H16N2O4S/c1-10-4-6-13(7-5-10)18-23(19,20)15-9-8-14(21-15)16-11(2)12(3)17-22-16/h4-9,18H,1-3H3. The zero-order valence-electron chi connectivity index (χ0n) is 13.0. The number of anilines is 1. The highest BCUT2D eigenvalue weighted by atomic mass is 32.2. The van der Waals surface area contributed by atoms with Crippen LogP contribution in [-0.2, 0) is 10.0 Å². The summed E-state index contributed by atoms with van der Waals surface area (Å²) in [5.74, 6) is 0.756. The predicted molar refractivity (Wildman–Crippen MR) is 85.7 cm³/mol. The molecule has 23 heavy (non-hydrogen) atoms. The van der Waals surface area contributed by atoms with Gasteiger partial charge in [-0.3, -0.25) is 4.72 Å². The molecule has 3 rings (SSSR count). The smallest absolute Gasteiger partial charge is 0.295 e. The van der Waals surface area contributed by atoms with Gasteiger partial charge in [-0.2, -0.15) is 8.42 Å². The van der Waals surface area contributed by atoms with Crippen LogP contribution in [0.15, 0.2) is 50.4 Å². The minimum Gasteiger partial charge on any atom is -0.439 e. The molecule has 0 aliphatic carbocycles. The van der Waals surface area contributed by atoms with Crippen molar-refractivity contribution < 1.29 is 17.4 Å². The third-order valence-corrected chi connectivity index (χ3v) is 4.78. The van der Waals surface area contributed by atoms with E-state index in [2.05, 4.69) is 9.88 Å². The molecule has 0 radical (unpaired) electrons. The van der Waals surface area contributed by atoms with Crippen LogP contribution in [0.5, 0.6) is 0 Å². The first-order chi connectivity index (χ1) is 10.9. The van der Waals surface area contributed by atoms with Gasteiger partial charge in [0.1, 0.15) is 0 Å². The van der Waals surface area contributed by atoms with Crippen LogP contribution in [0.1, 0.15) is 16.8 Å². The van der Waals surface area contributed by atoms with Crippen LogP contribution >= 0.6 is 0 Å². The van der Waals surface area contributed by atoms with Crippen molar-refractivity contribution in [3.63, 3.8) is 0 Å². The van der Waals surface area contributed by atoms with Crippen LogP contribution in [0.4, 0.5) is 5.69 Å². The number of nitrogens with zero attached hydrogens (tertiary/aromatic N) is 1. The van der Waals surface area contributed by atoms with Crippen molar-refractivity contribution in [1.82, 2.24) is 5.16 Å². The lowest BCUT2D eigenvalue weighted by Crippen LogP contribution is -2.11. The van der Waals surface area contributed by atoms with Crippen molar-refractivity contribution in [2.45, 2.75) is 25.9 Å². The Morgan fingerprint density at radius 1 is 1.00 bits per heavy atom. The lowest BCUT2D eigenvalue weighted by atomic mass is 10.2. The first-order valence-electron chi connectivity index (χ1n) is 6.99. The molecule has 0 bridgehead atoms. The molecule has 6 nitrogen and oxygen atoms in total. The lowest BCUT2D eigenvalue weighted by Gasteiger charge is -2.05. The Morgan fingerprint density at radius 2 is 1.70 bits per heavy atom. The molecule has 2 heterocycles. The topological polar surface area (TPSA) is 85.3 Å². The van der Waals surface area contributed by atoms with E-state index in [1.54, 1.807) is 18.2 Å². The zero-order valence-corrected chi connectivity index (χ0v) is 13.8. The molecule has 2 aromatic heterocycles. The minimum absolute atomic E-state index is 0.179. The molecule has 0 fully saturated rings. The summed E-state index contributed by atoms with van der Waals surface area (Å²) in [7, 11) is -3.80. The summed E-state index contributed by atoms with van der Waals surface area (Å²) in [6.45, 7) is 5.57. The van der Waals surface area contributed by atoms with E-state index >= 15 is 0 Å². The van der Waals surface area contributed by atoms with Gasteiger partial charge in [-0.05, 0) is 45.0 Å². The summed E-state index contributed by atoms with van der Waals surface area (Å²) < 4.78 is 37.8. The Morgan fingerprint density at radius 3 is 2.30 bits per heavy atom. The van der Waals surface area contributed by atoms with Crippen LogP contribution in [0.25, 0.3) is 11.5 Å². The Bertz CT molecular complexity index is 937. The number of hydrogen-bond donors (Lipinski definition) is 1. The second kappa shape index (κ2) is 5.58. The normalized spacial score (nSPS) is 11.6. The second-order valence-corrected chi connectivity index (χ2v) is 6.93. The van der Waals surface area contributed by atoms with Gasteiger partial charge in [0.2, 0.25) is 10.9 Å². The van der Waals surface area contributed by atoms with Crippen molar-refractivity contribution >= 4 is 15.7 Å². The fourth-order valence-corrected chi connectivity index (χ4v) is 3.05. The van der Waals surface area contributed by atoms with Gasteiger partial charge in [0.05, 0.1) is 5.69 Å². The molecule has 0 unspecified atom stereocenters. The van der Waals surface area contributed by atoms with Crippen molar-refractivity contribution in [2.75, 3.05) is 4.72 Å². The monoisotopic (exact) mass is 332 g/mol. The number of benzene rings is 1. The van der Waals surface area contributed by atoms with E-state index < -0.39 is 10.0 Å². The van der Waals surface area contributed by atoms with Gasteiger partial charge < -0.3 is 8.94 Å². The minimum atomic E-state index is -3.80. The van der Waals surface area contributed by atoms with Gasteiger partial charge in [0, 0.05) is 11.3 Å². The Labute approximate surface area is 134 Å². The van der Waals surface area contributed by atoms with Gasteiger partial charge >= 0.3 is 0 Å². The number of rotatable bonds is 4. The number of sulfonamides is 1. The molecule has 120 valence electrons. The molecule has 0 saturated carbocycles. The third-order valence-electron chi connectivity index (χ3n) is 3.53. The largest absolute Gasteiger partial charge is 0.439 e. The number of hydrogen-bond acceptors (Lipinski definition) is 5. The SMILES string of the molecule is Cc1ccc(NS(=O)(=O)c2ccc(-c3onc(C)c3C)o2)cc1. The number of aromatic nitrogens is 1. The highest BCUT2D eigenvalue weighted by molar-refractivity contribution is 7.92. The third kappa shape index (κ3) is 3.00. The maximum Gasteiger partial charge on any atom is 0.295 e. The average Bonchev–Trinajstić information content (AvgIpc) is 3.10. The van der Waals surface area contributed by atoms with Crippen molar-refractivity contribution in [1.29, 1.82) is 0 Å². The Balaban J connectivity index is 1.89. The quantitative estimate of drug-likeness (QED) is 0.788. The second-order valence-electron chi connectivity index (χ2n) is 5.31. The Hall–Kier alpha value is -2.54. The molecule has 0 aliphatic rings. The molecule has 0 spiro atoms. The predicted octanol–water partition coefficient (Wildman–Crippen LogP) is 3.66. The van der Waals surface area contributed by atoms with Crippen molar-refractivity contribution in [3.05, 3.63) is 53.2 Å². The van der Waals surface area contributed by atoms with E-state index in [0.29, 0.717) is 17.2 Å². The van der Waals surface area contributed by atoms with Gasteiger partial charge in [0.15, 0.2) is 5.76 Å². The van der Waals surface area contributed by atoms with E-state index in [9.17, 15) is 8.42 Å². The molecule has 0 atom stereocenters. The summed E-state index contributed by atoms with van der Waals surface area (Å²) in [6, 6.07) is 9.99. The first kappa shape index (κ1) is 15.4. The maximum absolute atomic E-state index is 12.4.